The molecule has 9 heteroatoms. The molecular formula is C12H6BrCl2FN2O3. The smallest absolute Gasteiger partial charge is 0.339 e. The summed E-state index contributed by atoms with van der Waals surface area (Å²) >= 11 is 14.4. The molecule has 0 aliphatic rings. The number of benzene rings is 1. The average molecular weight is 396 g/mol. The molecule has 0 saturated heterocycles. The molecule has 1 aromatic heterocycles. The molecule has 0 N–H and O–H groups in total. The summed E-state index contributed by atoms with van der Waals surface area (Å²) in [5.74, 6) is -1.47. The number of halogens is 4. The van der Waals surface area contributed by atoms with Crippen molar-refractivity contribution >= 4 is 45.1 Å². The van der Waals surface area contributed by atoms with Crippen molar-refractivity contribution in [3.8, 4) is 5.69 Å². The third-order valence-electron chi connectivity index (χ3n) is 2.55. The lowest BCUT2D eigenvalue weighted by Gasteiger charge is -2.10. The summed E-state index contributed by atoms with van der Waals surface area (Å²) in [6, 6.07) is 2.15. The summed E-state index contributed by atoms with van der Waals surface area (Å²) in [6.07, 6.45) is 1.10. The van der Waals surface area contributed by atoms with E-state index in [-0.39, 0.29) is 25.8 Å². The number of nitrogens with zero attached hydrogens (tertiary/aromatic N) is 2. The van der Waals surface area contributed by atoms with Gasteiger partial charge >= 0.3 is 5.97 Å². The molecule has 0 atom stereocenters. The van der Waals surface area contributed by atoms with E-state index in [9.17, 15) is 14.0 Å². The lowest BCUT2D eigenvalue weighted by atomic mass is 10.2. The number of carbonyl (C=O) groups excluding carboxylic acids is 1. The number of ether oxygens (including phenoxy) is 1. The van der Waals surface area contributed by atoms with Crippen LogP contribution in [0.15, 0.2) is 27.6 Å². The maximum absolute atomic E-state index is 14.0. The number of carbonyl (C=O) groups is 1. The van der Waals surface area contributed by atoms with Gasteiger partial charge in [-0.2, -0.15) is 9.78 Å². The molecule has 2 aromatic rings. The highest BCUT2D eigenvalue weighted by Gasteiger charge is 2.18. The summed E-state index contributed by atoms with van der Waals surface area (Å²) in [4.78, 5) is 23.6. The molecule has 2 rings (SSSR count). The quantitative estimate of drug-likeness (QED) is 0.732. The predicted octanol–water partition coefficient (Wildman–Crippen LogP) is 3.23. The number of aromatic nitrogens is 2. The number of rotatable bonds is 2. The van der Waals surface area contributed by atoms with E-state index in [2.05, 4.69) is 25.8 Å². The highest BCUT2D eigenvalue weighted by Crippen LogP contribution is 2.24. The molecule has 0 aliphatic heterocycles. The van der Waals surface area contributed by atoms with E-state index >= 15 is 0 Å². The average Bonchev–Trinajstić information content (AvgIpc) is 2.45. The van der Waals surface area contributed by atoms with E-state index in [1.807, 2.05) is 0 Å². The van der Waals surface area contributed by atoms with E-state index in [1.165, 1.54) is 7.11 Å². The summed E-state index contributed by atoms with van der Waals surface area (Å²) in [5.41, 5.74) is -1.02. The first kappa shape index (κ1) is 15.9. The fraction of sp³-hybridized carbons (Fsp3) is 0.0833. The zero-order valence-corrected chi connectivity index (χ0v) is 13.5. The van der Waals surface area contributed by atoms with Crippen molar-refractivity contribution in [2.45, 2.75) is 0 Å². The van der Waals surface area contributed by atoms with Gasteiger partial charge < -0.3 is 4.74 Å². The van der Waals surface area contributed by atoms with Crippen LogP contribution < -0.4 is 5.56 Å². The first-order valence-corrected chi connectivity index (χ1v) is 6.92. The van der Waals surface area contributed by atoms with Gasteiger partial charge in [-0.3, -0.25) is 4.79 Å². The first-order chi connectivity index (χ1) is 9.86. The summed E-state index contributed by atoms with van der Waals surface area (Å²) in [6.45, 7) is 0. The van der Waals surface area contributed by atoms with Crippen molar-refractivity contribution in [1.29, 1.82) is 0 Å². The number of hydrogen-bond donors (Lipinski definition) is 0. The predicted molar refractivity (Wildman–Crippen MR) is 78.9 cm³/mol. The van der Waals surface area contributed by atoms with Crippen LogP contribution in [0, 0.1) is 5.82 Å². The van der Waals surface area contributed by atoms with Crippen LogP contribution in [0.1, 0.15) is 10.4 Å². The topological polar surface area (TPSA) is 61.2 Å². The van der Waals surface area contributed by atoms with Crippen LogP contribution in [0.5, 0.6) is 0 Å². The maximum Gasteiger partial charge on any atom is 0.339 e. The zero-order chi connectivity index (χ0) is 15.7. The van der Waals surface area contributed by atoms with Crippen molar-refractivity contribution in [3.63, 3.8) is 0 Å². The van der Waals surface area contributed by atoms with E-state index in [4.69, 9.17) is 23.2 Å². The Labute approximate surface area is 136 Å². The Bertz CT molecular complexity index is 795. The molecule has 110 valence electrons. The minimum Gasteiger partial charge on any atom is -0.465 e. The monoisotopic (exact) mass is 394 g/mol. The molecule has 0 fully saturated rings. The minimum atomic E-state index is -0.804. The first-order valence-electron chi connectivity index (χ1n) is 5.38. The molecule has 0 unspecified atom stereocenters. The van der Waals surface area contributed by atoms with Crippen LogP contribution in [-0.2, 0) is 4.74 Å². The molecule has 5 nitrogen and oxygen atoms in total. The van der Waals surface area contributed by atoms with Crippen molar-refractivity contribution in [2.24, 2.45) is 0 Å². The zero-order valence-electron chi connectivity index (χ0n) is 10.4. The Hall–Kier alpha value is -1.44. The number of methoxy groups -OCH3 is 1. The molecule has 1 aromatic carbocycles. The Morgan fingerprint density at radius 3 is 2.71 bits per heavy atom. The minimum absolute atomic E-state index is 0.0358. The Balaban J connectivity index is 2.73. The van der Waals surface area contributed by atoms with Gasteiger partial charge in [-0.1, -0.05) is 23.2 Å². The van der Waals surface area contributed by atoms with Gasteiger partial charge in [-0.15, -0.1) is 0 Å². The van der Waals surface area contributed by atoms with Crippen LogP contribution in [0.2, 0.25) is 10.0 Å². The van der Waals surface area contributed by atoms with Gasteiger partial charge in [0, 0.05) is 4.47 Å². The van der Waals surface area contributed by atoms with Crippen molar-refractivity contribution < 1.29 is 13.9 Å². The van der Waals surface area contributed by atoms with E-state index in [0.717, 1.165) is 18.3 Å². The van der Waals surface area contributed by atoms with Crippen LogP contribution >= 0.6 is 39.1 Å². The van der Waals surface area contributed by atoms with E-state index in [0.29, 0.717) is 4.68 Å². The molecule has 0 amide bonds. The van der Waals surface area contributed by atoms with Gasteiger partial charge in [0.2, 0.25) is 0 Å². The van der Waals surface area contributed by atoms with Crippen LogP contribution in [0.4, 0.5) is 4.39 Å². The summed E-state index contributed by atoms with van der Waals surface area (Å²) in [7, 11) is 1.18. The lowest BCUT2D eigenvalue weighted by molar-refractivity contribution is 0.0599. The van der Waals surface area contributed by atoms with Crippen LogP contribution in [0.3, 0.4) is 0 Å². The molecule has 0 aliphatic carbocycles. The highest BCUT2D eigenvalue weighted by atomic mass is 79.9. The summed E-state index contributed by atoms with van der Waals surface area (Å²) < 4.78 is 19.5. The number of hydrogen-bond acceptors (Lipinski definition) is 4. The van der Waals surface area contributed by atoms with Gasteiger partial charge in [0.15, 0.2) is 0 Å². The molecule has 0 bridgehead atoms. The Morgan fingerprint density at radius 2 is 2.10 bits per heavy atom. The Morgan fingerprint density at radius 1 is 1.43 bits per heavy atom. The molecule has 21 heavy (non-hydrogen) atoms. The van der Waals surface area contributed by atoms with Crippen molar-refractivity contribution in [2.75, 3.05) is 7.11 Å². The van der Waals surface area contributed by atoms with E-state index in [1.54, 1.807) is 0 Å². The Kier molecular flexibility index (Phi) is 4.65. The standard InChI is InChI=1S/C12H6BrCl2FN2O3/c1-21-12(20)5-2-9(8(16)3-6(5)13)18-11(19)10(15)7(14)4-17-18/h2-4H,1H3. The molecule has 0 saturated carbocycles. The van der Waals surface area contributed by atoms with Gasteiger partial charge in [-0.25, -0.2) is 9.18 Å². The third-order valence-corrected chi connectivity index (χ3v) is 3.95. The normalized spacial score (nSPS) is 10.5. The molecule has 0 spiro atoms. The lowest BCUT2D eigenvalue weighted by Crippen LogP contribution is -2.23. The maximum atomic E-state index is 14.0. The fourth-order valence-electron chi connectivity index (χ4n) is 1.55. The third kappa shape index (κ3) is 2.95. The van der Waals surface area contributed by atoms with Gasteiger partial charge in [0.25, 0.3) is 5.56 Å². The van der Waals surface area contributed by atoms with Crippen LogP contribution in [-0.4, -0.2) is 22.9 Å². The van der Waals surface area contributed by atoms with Crippen molar-refractivity contribution in [3.05, 3.63) is 54.6 Å². The second-order valence-electron chi connectivity index (χ2n) is 3.80. The summed E-state index contributed by atoms with van der Waals surface area (Å²) in [5, 5.41) is 3.36. The van der Waals surface area contributed by atoms with Gasteiger partial charge in [0.05, 0.1) is 23.9 Å². The molecular weight excluding hydrogens is 390 g/mol. The van der Waals surface area contributed by atoms with Gasteiger partial charge in [0.1, 0.15) is 16.5 Å². The molecule has 0 radical (unpaired) electrons. The van der Waals surface area contributed by atoms with Crippen molar-refractivity contribution in [1.82, 2.24) is 9.78 Å². The number of esters is 1. The second-order valence-corrected chi connectivity index (χ2v) is 5.44. The molecule has 1 heterocycles. The van der Waals surface area contributed by atoms with Gasteiger partial charge in [-0.05, 0) is 28.1 Å². The highest BCUT2D eigenvalue weighted by molar-refractivity contribution is 9.10. The SMILES string of the molecule is COC(=O)c1cc(-n2ncc(Cl)c(Cl)c2=O)c(F)cc1Br. The fourth-order valence-corrected chi connectivity index (χ4v) is 2.28. The second kappa shape index (κ2) is 6.13. The largest absolute Gasteiger partial charge is 0.465 e. The van der Waals surface area contributed by atoms with Crippen LogP contribution in [0.25, 0.3) is 5.69 Å². The van der Waals surface area contributed by atoms with E-state index < -0.39 is 17.3 Å².